The summed E-state index contributed by atoms with van der Waals surface area (Å²) in [5, 5.41) is 9.98. The summed E-state index contributed by atoms with van der Waals surface area (Å²) in [6.07, 6.45) is 5.00. The molecule has 1 N–H and O–H groups in total. The summed E-state index contributed by atoms with van der Waals surface area (Å²) in [6.45, 7) is 2.66. The van der Waals surface area contributed by atoms with Crippen LogP contribution in [-0.2, 0) is 5.41 Å². The molecule has 2 aliphatic heterocycles. The van der Waals surface area contributed by atoms with Crippen LogP contribution < -0.4 is 0 Å². The van der Waals surface area contributed by atoms with Gasteiger partial charge in [-0.25, -0.2) is 0 Å². The quantitative estimate of drug-likeness (QED) is 0.843. The number of aliphatic hydroxyl groups is 1. The lowest BCUT2D eigenvalue weighted by Gasteiger charge is -2.40. The third-order valence-corrected chi connectivity index (χ3v) is 4.73. The molecule has 0 bridgehead atoms. The molecule has 2 heteroatoms. The normalized spacial score (nSPS) is 33.6. The van der Waals surface area contributed by atoms with Gasteiger partial charge < -0.3 is 5.11 Å². The first-order valence-electron chi connectivity index (χ1n) is 6.77. The first-order chi connectivity index (χ1) is 8.37. The van der Waals surface area contributed by atoms with Gasteiger partial charge in [0.1, 0.15) is 0 Å². The molecule has 0 amide bonds. The minimum absolute atomic E-state index is 0.00167. The van der Waals surface area contributed by atoms with Gasteiger partial charge in [0.05, 0.1) is 6.61 Å². The summed E-state index contributed by atoms with van der Waals surface area (Å²) in [7, 11) is 0. The third kappa shape index (κ3) is 1.71. The standard InChI is InChI=1S/C15H21NO/c17-12-15(13-6-2-1-3-7-13)9-11-16-10-5-4-8-14(15)16/h1-3,6-7,14,17H,4-5,8-12H2/t14-,15-/m0/s1. The minimum atomic E-state index is 0.00167. The Morgan fingerprint density at radius 1 is 1.18 bits per heavy atom. The molecule has 2 saturated heterocycles. The van der Waals surface area contributed by atoms with Crippen molar-refractivity contribution in [2.75, 3.05) is 19.7 Å². The fraction of sp³-hybridized carbons (Fsp3) is 0.600. The summed E-state index contributed by atoms with van der Waals surface area (Å²) < 4.78 is 0. The van der Waals surface area contributed by atoms with Crippen molar-refractivity contribution in [2.45, 2.75) is 37.1 Å². The fourth-order valence-corrected chi connectivity index (χ4v) is 3.78. The van der Waals surface area contributed by atoms with Crippen molar-refractivity contribution in [1.82, 2.24) is 4.90 Å². The molecule has 92 valence electrons. The molecule has 2 atom stereocenters. The van der Waals surface area contributed by atoms with Crippen LogP contribution in [0, 0.1) is 0 Å². The molecule has 0 spiro atoms. The zero-order valence-electron chi connectivity index (χ0n) is 10.3. The molecule has 2 fully saturated rings. The highest BCUT2D eigenvalue weighted by Crippen LogP contribution is 2.43. The van der Waals surface area contributed by atoms with Crippen LogP contribution in [0.3, 0.4) is 0 Å². The molecule has 1 aromatic carbocycles. The van der Waals surface area contributed by atoms with Crippen molar-refractivity contribution in [3.8, 4) is 0 Å². The van der Waals surface area contributed by atoms with E-state index in [-0.39, 0.29) is 12.0 Å². The maximum absolute atomic E-state index is 9.98. The lowest BCUT2D eigenvalue weighted by atomic mass is 9.72. The molecule has 2 nitrogen and oxygen atoms in total. The first-order valence-corrected chi connectivity index (χ1v) is 6.77. The smallest absolute Gasteiger partial charge is 0.0543 e. The average molecular weight is 231 g/mol. The summed E-state index contributed by atoms with van der Waals surface area (Å²) >= 11 is 0. The van der Waals surface area contributed by atoms with E-state index in [4.69, 9.17) is 0 Å². The van der Waals surface area contributed by atoms with E-state index >= 15 is 0 Å². The van der Waals surface area contributed by atoms with Crippen LogP contribution in [0.5, 0.6) is 0 Å². The molecule has 0 saturated carbocycles. The van der Waals surface area contributed by atoms with Crippen LogP contribution in [0.15, 0.2) is 30.3 Å². The number of piperidine rings is 1. The predicted octanol–water partition coefficient (Wildman–Crippen LogP) is 2.17. The topological polar surface area (TPSA) is 23.5 Å². The Kier molecular flexibility index (Phi) is 2.93. The van der Waals surface area contributed by atoms with Gasteiger partial charge in [-0.3, -0.25) is 4.90 Å². The second-order valence-electron chi connectivity index (χ2n) is 5.48. The lowest BCUT2D eigenvalue weighted by Crippen LogP contribution is -2.47. The number of benzene rings is 1. The van der Waals surface area contributed by atoms with Crippen LogP contribution in [0.1, 0.15) is 31.2 Å². The molecule has 0 radical (unpaired) electrons. The van der Waals surface area contributed by atoms with Crippen LogP contribution in [0.25, 0.3) is 0 Å². The zero-order valence-corrected chi connectivity index (χ0v) is 10.3. The first kappa shape index (κ1) is 11.2. The Bertz CT molecular complexity index is 378. The molecule has 0 aliphatic carbocycles. The van der Waals surface area contributed by atoms with Gasteiger partial charge in [0.2, 0.25) is 0 Å². The van der Waals surface area contributed by atoms with E-state index in [0.29, 0.717) is 6.04 Å². The van der Waals surface area contributed by atoms with Crippen LogP contribution in [-0.4, -0.2) is 35.7 Å². The van der Waals surface area contributed by atoms with Gasteiger partial charge in [-0.2, -0.15) is 0 Å². The summed E-state index contributed by atoms with van der Waals surface area (Å²) in [5.41, 5.74) is 1.33. The van der Waals surface area contributed by atoms with Crippen molar-refractivity contribution in [2.24, 2.45) is 0 Å². The number of aliphatic hydroxyl groups excluding tert-OH is 1. The fourth-order valence-electron chi connectivity index (χ4n) is 3.78. The second-order valence-corrected chi connectivity index (χ2v) is 5.48. The Labute approximate surface area is 103 Å². The van der Waals surface area contributed by atoms with Crippen molar-refractivity contribution in [1.29, 1.82) is 0 Å². The van der Waals surface area contributed by atoms with E-state index in [1.54, 1.807) is 0 Å². The molecule has 1 aromatic rings. The van der Waals surface area contributed by atoms with E-state index in [1.807, 2.05) is 0 Å². The second kappa shape index (κ2) is 4.43. The highest BCUT2D eigenvalue weighted by Gasteiger charge is 2.48. The minimum Gasteiger partial charge on any atom is -0.395 e. The predicted molar refractivity (Wildman–Crippen MR) is 69.0 cm³/mol. The van der Waals surface area contributed by atoms with E-state index in [2.05, 4.69) is 35.2 Å². The van der Waals surface area contributed by atoms with Crippen molar-refractivity contribution < 1.29 is 5.11 Å². The van der Waals surface area contributed by atoms with E-state index < -0.39 is 0 Å². The summed E-state index contributed by atoms with van der Waals surface area (Å²) in [5.74, 6) is 0. The Balaban J connectivity index is 1.97. The number of hydrogen-bond acceptors (Lipinski definition) is 2. The van der Waals surface area contributed by atoms with Crippen LogP contribution >= 0.6 is 0 Å². The summed E-state index contributed by atoms with van der Waals surface area (Å²) in [6, 6.07) is 11.2. The molecular weight excluding hydrogens is 210 g/mol. The van der Waals surface area contributed by atoms with Gasteiger partial charge >= 0.3 is 0 Å². The zero-order chi connectivity index (χ0) is 11.7. The molecule has 2 heterocycles. The third-order valence-electron chi connectivity index (χ3n) is 4.73. The molecular formula is C15H21NO. The number of nitrogens with zero attached hydrogens (tertiary/aromatic N) is 1. The lowest BCUT2D eigenvalue weighted by molar-refractivity contribution is 0.108. The maximum atomic E-state index is 9.98. The number of rotatable bonds is 2. The largest absolute Gasteiger partial charge is 0.395 e. The SMILES string of the molecule is OC[C@]1(c2ccccc2)CCN2CCCC[C@H]21. The number of hydrogen-bond donors (Lipinski definition) is 1. The van der Waals surface area contributed by atoms with E-state index in [9.17, 15) is 5.11 Å². The summed E-state index contributed by atoms with van der Waals surface area (Å²) in [4.78, 5) is 2.59. The van der Waals surface area contributed by atoms with Crippen LogP contribution in [0.2, 0.25) is 0 Å². The molecule has 17 heavy (non-hydrogen) atoms. The van der Waals surface area contributed by atoms with Gasteiger partial charge in [-0.15, -0.1) is 0 Å². The molecule has 3 rings (SSSR count). The molecule has 2 aliphatic rings. The highest BCUT2D eigenvalue weighted by atomic mass is 16.3. The van der Waals surface area contributed by atoms with Gasteiger partial charge in [-0.1, -0.05) is 36.8 Å². The van der Waals surface area contributed by atoms with E-state index in [1.165, 1.54) is 31.4 Å². The van der Waals surface area contributed by atoms with Gasteiger partial charge in [0.25, 0.3) is 0 Å². The van der Waals surface area contributed by atoms with Gasteiger partial charge in [0, 0.05) is 11.5 Å². The van der Waals surface area contributed by atoms with Gasteiger partial charge in [0.15, 0.2) is 0 Å². The van der Waals surface area contributed by atoms with E-state index in [0.717, 1.165) is 13.0 Å². The maximum Gasteiger partial charge on any atom is 0.0543 e. The Morgan fingerprint density at radius 3 is 2.76 bits per heavy atom. The van der Waals surface area contributed by atoms with Crippen LogP contribution in [0.4, 0.5) is 0 Å². The average Bonchev–Trinajstić information content (AvgIpc) is 2.80. The molecule has 0 unspecified atom stereocenters. The van der Waals surface area contributed by atoms with Crippen molar-refractivity contribution >= 4 is 0 Å². The number of fused-ring (bicyclic) bond motifs is 1. The molecule has 0 aromatic heterocycles. The monoisotopic (exact) mass is 231 g/mol. The Morgan fingerprint density at radius 2 is 2.00 bits per heavy atom. The van der Waals surface area contributed by atoms with Crippen molar-refractivity contribution in [3.63, 3.8) is 0 Å². The highest BCUT2D eigenvalue weighted by molar-refractivity contribution is 5.30. The Hall–Kier alpha value is -0.860. The van der Waals surface area contributed by atoms with Crippen molar-refractivity contribution in [3.05, 3.63) is 35.9 Å². The van der Waals surface area contributed by atoms with Gasteiger partial charge in [-0.05, 0) is 37.9 Å².